The van der Waals surface area contributed by atoms with E-state index in [2.05, 4.69) is 44.1 Å². The third-order valence-corrected chi connectivity index (χ3v) is 4.10. The third kappa shape index (κ3) is 3.08. The summed E-state index contributed by atoms with van der Waals surface area (Å²) in [4.78, 5) is 7.03. The lowest BCUT2D eigenvalue weighted by molar-refractivity contribution is -0.0391. The quantitative estimate of drug-likeness (QED) is 0.867. The van der Waals surface area contributed by atoms with Crippen molar-refractivity contribution >= 4 is 0 Å². The smallest absolute Gasteiger partial charge is 0.139 e. The number of nitrogens with zero attached hydrogens (tertiary/aromatic N) is 5. The number of aryl methyl sites for hydroxylation is 2. The molecule has 3 rings (SSSR count). The summed E-state index contributed by atoms with van der Waals surface area (Å²) < 4.78 is 10.1. The first kappa shape index (κ1) is 15.2. The molecule has 1 saturated heterocycles. The second kappa shape index (κ2) is 6.22. The van der Waals surface area contributed by atoms with E-state index in [-0.39, 0.29) is 6.10 Å². The zero-order chi connectivity index (χ0) is 15.7. The lowest BCUT2D eigenvalue weighted by Crippen LogP contribution is -2.39. The summed E-state index contributed by atoms with van der Waals surface area (Å²) in [5.41, 5.74) is 2.29. The van der Waals surface area contributed by atoms with Gasteiger partial charge < -0.3 is 9.30 Å². The topological polar surface area (TPSA) is 48.1 Å². The number of imidazole rings is 1. The Morgan fingerprint density at radius 3 is 2.91 bits per heavy atom. The third-order valence-electron chi connectivity index (χ3n) is 4.10. The summed E-state index contributed by atoms with van der Waals surface area (Å²) in [7, 11) is 2.03. The zero-order valence-electron chi connectivity index (χ0n) is 13.9. The number of morpholine rings is 1. The SMILES string of the molecule is Cc1cn(C)c([C@@H]2CN(Cc3ccnn3C(C)C)CCO2)n1. The van der Waals surface area contributed by atoms with Crippen molar-refractivity contribution in [2.75, 3.05) is 19.7 Å². The van der Waals surface area contributed by atoms with E-state index >= 15 is 0 Å². The van der Waals surface area contributed by atoms with Gasteiger partial charge >= 0.3 is 0 Å². The van der Waals surface area contributed by atoms with E-state index in [0.717, 1.165) is 37.8 Å². The summed E-state index contributed by atoms with van der Waals surface area (Å²) >= 11 is 0. The fourth-order valence-corrected chi connectivity index (χ4v) is 3.10. The van der Waals surface area contributed by atoms with E-state index in [9.17, 15) is 0 Å². The summed E-state index contributed by atoms with van der Waals surface area (Å²) in [6.45, 7) is 9.81. The maximum Gasteiger partial charge on any atom is 0.139 e. The van der Waals surface area contributed by atoms with Crippen LogP contribution in [0.15, 0.2) is 18.5 Å². The molecule has 22 heavy (non-hydrogen) atoms. The van der Waals surface area contributed by atoms with Gasteiger partial charge in [-0.2, -0.15) is 5.10 Å². The van der Waals surface area contributed by atoms with E-state index in [1.807, 2.05) is 26.4 Å². The van der Waals surface area contributed by atoms with E-state index in [0.29, 0.717) is 6.04 Å². The van der Waals surface area contributed by atoms with Gasteiger partial charge in [-0.1, -0.05) is 0 Å². The number of aromatic nitrogens is 4. The second-order valence-corrected chi connectivity index (χ2v) is 6.31. The molecule has 1 atom stereocenters. The van der Waals surface area contributed by atoms with Crippen LogP contribution >= 0.6 is 0 Å². The molecule has 2 aromatic rings. The van der Waals surface area contributed by atoms with Crippen molar-refractivity contribution < 1.29 is 4.74 Å². The molecule has 0 radical (unpaired) electrons. The molecule has 120 valence electrons. The van der Waals surface area contributed by atoms with Gasteiger partial charge in [0.25, 0.3) is 0 Å². The second-order valence-electron chi connectivity index (χ2n) is 6.31. The van der Waals surface area contributed by atoms with E-state index in [4.69, 9.17) is 4.74 Å². The van der Waals surface area contributed by atoms with Crippen LogP contribution in [0, 0.1) is 6.92 Å². The van der Waals surface area contributed by atoms with Crippen LogP contribution in [-0.2, 0) is 18.3 Å². The lowest BCUT2D eigenvalue weighted by Gasteiger charge is -2.32. The van der Waals surface area contributed by atoms with Gasteiger partial charge in [0.1, 0.15) is 11.9 Å². The average Bonchev–Trinajstić information content (AvgIpc) is 3.05. The molecular weight excluding hydrogens is 278 g/mol. The van der Waals surface area contributed by atoms with Gasteiger partial charge in [-0.15, -0.1) is 0 Å². The molecule has 0 bridgehead atoms. The van der Waals surface area contributed by atoms with Crippen LogP contribution in [0.5, 0.6) is 0 Å². The van der Waals surface area contributed by atoms with Crippen molar-refractivity contribution in [3.63, 3.8) is 0 Å². The van der Waals surface area contributed by atoms with Crippen LogP contribution in [0.1, 0.15) is 43.2 Å². The lowest BCUT2D eigenvalue weighted by atomic mass is 10.2. The van der Waals surface area contributed by atoms with Crippen LogP contribution in [0.3, 0.4) is 0 Å². The molecule has 6 nitrogen and oxygen atoms in total. The number of ether oxygens (including phenoxy) is 1. The van der Waals surface area contributed by atoms with Crippen molar-refractivity contribution in [3.05, 3.63) is 35.7 Å². The minimum atomic E-state index is 0.0443. The molecule has 6 heteroatoms. The van der Waals surface area contributed by atoms with Crippen molar-refractivity contribution in [1.82, 2.24) is 24.2 Å². The Labute approximate surface area is 131 Å². The monoisotopic (exact) mass is 303 g/mol. The first-order valence-corrected chi connectivity index (χ1v) is 7.91. The minimum Gasteiger partial charge on any atom is -0.368 e. The fourth-order valence-electron chi connectivity index (χ4n) is 3.10. The van der Waals surface area contributed by atoms with Gasteiger partial charge in [0.2, 0.25) is 0 Å². The molecular formula is C16H25N5O. The highest BCUT2D eigenvalue weighted by Gasteiger charge is 2.26. The molecule has 0 aliphatic carbocycles. The maximum atomic E-state index is 5.94. The van der Waals surface area contributed by atoms with Crippen molar-refractivity contribution in [2.24, 2.45) is 7.05 Å². The summed E-state index contributed by atoms with van der Waals surface area (Å²) in [5, 5.41) is 4.42. The highest BCUT2D eigenvalue weighted by Crippen LogP contribution is 2.23. The highest BCUT2D eigenvalue weighted by atomic mass is 16.5. The zero-order valence-corrected chi connectivity index (χ0v) is 13.9. The van der Waals surface area contributed by atoms with E-state index in [1.54, 1.807) is 0 Å². The van der Waals surface area contributed by atoms with Crippen LogP contribution in [-0.4, -0.2) is 43.9 Å². The first-order valence-electron chi connectivity index (χ1n) is 7.91. The largest absolute Gasteiger partial charge is 0.368 e. The Bertz CT molecular complexity index is 630. The molecule has 1 aliphatic heterocycles. The van der Waals surface area contributed by atoms with Gasteiger partial charge in [0.15, 0.2) is 0 Å². The fraction of sp³-hybridized carbons (Fsp3) is 0.625. The standard InChI is InChI=1S/C16H25N5O/c1-12(2)21-14(5-6-17-21)10-20-7-8-22-15(11-20)16-18-13(3)9-19(16)4/h5-6,9,12,15H,7-8,10-11H2,1-4H3/t15-/m0/s1. The predicted octanol–water partition coefficient (Wildman–Crippen LogP) is 2.08. The molecule has 0 aromatic carbocycles. The first-order chi connectivity index (χ1) is 10.5. The van der Waals surface area contributed by atoms with E-state index in [1.165, 1.54) is 5.69 Å². The van der Waals surface area contributed by atoms with Crippen LogP contribution in [0.4, 0.5) is 0 Å². The number of hydrogen-bond donors (Lipinski definition) is 0. The average molecular weight is 303 g/mol. The Hall–Kier alpha value is -1.66. The summed E-state index contributed by atoms with van der Waals surface area (Å²) in [6.07, 6.45) is 3.98. The molecule has 0 unspecified atom stereocenters. The molecule has 0 N–H and O–H groups in total. The Morgan fingerprint density at radius 2 is 2.23 bits per heavy atom. The van der Waals surface area contributed by atoms with Gasteiger partial charge in [-0.25, -0.2) is 4.98 Å². The van der Waals surface area contributed by atoms with Gasteiger partial charge in [0, 0.05) is 45.1 Å². The molecule has 0 spiro atoms. The van der Waals surface area contributed by atoms with Crippen molar-refractivity contribution in [3.8, 4) is 0 Å². The highest BCUT2D eigenvalue weighted by molar-refractivity contribution is 5.06. The molecule has 2 aromatic heterocycles. The normalized spacial score (nSPS) is 20.0. The van der Waals surface area contributed by atoms with Crippen LogP contribution in [0.2, 0.25) is 0 Å². The van der Waals surface area contributed by atoms with Gasteiger partial charge in [-0.05, 0) is 26.8 Å². The van der Waals surface area contributed by atoms with E-state index < -0.39 is 0 Å². The molecule has 0 saturated carbocycles. The Kier molecular flexibility index (Phi) is 4.31. The maximum absolute atomic E-state index is 5.94. The van der Waals surface area contributed by atoms with Crippen LogP contribution in [0.25, 0.3) is 0 Å². The molecule has 0 amide bonds. The number of hydrogen-bond acceptors (Lipinski definition) is 4. The summed E-state index contributed by atoms with van der Waals surface area (Å²) in [5.74, 6) is 1.01. The minimum absolute atomic E-state index is 0.0443. The van der Waals surface area contributed by atoms with Crippen LogP contribution < -0.4 is 0 Å². The molecule has 1 aliphatic rings. The number of rotatable bonds is 4. The molecule has 3 heterocycles. The summed E-state index contributed by atoms with van der Waals surface area (Å²) in [6, 6.07) is 2.49. The Morgan fingerprint density at radius 1 is 1.41 bits per heavy atom. The molecule has 1 fully saturated rings. The Balaban J connectivity index is 1.71. The van der Waals surface area contributed by atoms with Crippen molar-refractivity contribution in [1.29, 1.82) is 0 Å². The predicted molar refractivity (Wildman–Crippen MR) is 84.5 cm³/mol. The van der Waals surface area contributed by atoms with Crippen molar-refractivity contribution in [2.45, 2.75) is 39.5 Å². The van der Waals surface area contributed by atoms with Gasteiger partial charge in [-0.3, -0.25) is 9.58 Å². The van der Waals surface area contributed by atoms with Gasteiger partial charge in [0.05, 0.1) is 18.0 Å².